The minimum absolute atomic E-state index is 0. The molecule has 6 aromatic rings. The van der Waals surface area contributed by atoms with Crippen molar-refractivity contribution < 1.29 is 21.5 Å². The molecule has 6 rings (SSSR count). The van der Waals surface area contributed by atoms with Gasteiger partial charge in [0.2, 0.25) is 0 Å². The van der Waals surface area contributed by atoms with E-state index in [1.165, 1.54) is 36.5 Å². The van der Waals surface area contributed by atoms with E-state index in [9.17, 15) is 0 Å². The van der Waals surface area contributed by atoms with Crippen LogP contribution >= 0.6 is 11.3 Å². The molecule has 0 unspecified atom stereocenters. The van der Waals surface area contributed by atoms with Crippen LogP contribution in [-0.4, -0.2) is 18.0 Å². The van der Waals surface area contributed by atoms with Gasteiger partial charge in [0.15, 0.2) is 0 Å². The Morgan fingerprint density at radius 1 is 0.841 bits per heavy atom. The molecule has 3 heterocycles. The second kappa shape index (κ2) is 13.6. The Bertz CT molecular complexity index is 1910. The normalized spacial score (nSPS) is 12.3. The van der Waals surface area contributed by atoms with Gasteiger partial charge in [-0.15, -0.1) is 59.7 Å². The monoisotopic (exact) mass is 792 g/mol. The van der Waals surface area contributed by atoms with Crippen LogP contribution < -0.4 is 5.19 Å². The largest absolute Gasteiger partial charge is 0.305 e. The van der Waals surface area contributed by atoms with Crippen molar-refractivity contribution in [2.75, 3.05) is 0 Å². The fourth-order valence-electron chi connectivity index (χ4n) is 5.37. The fourth-order valence-corrected chi connectivity index (χ4v) is 7.71. The summed E-state index contributed by atoms with van der Waals surface area (Å²) in [6.45, 7) is 19.9. The molecule has 5 heteroatoms. The van der Waals surface area contributed by atoms with Gasteiger partial charge in [0, 0.05) is 38.6 Å². The molecular weight excluding hydrogens is 749 g/mol. The van der Waals surface area contributed by atoms with Crippen LogP contribution in [0.3, 0.4) is 0 Å². The molecule has 0 spiro atoms. The van der Waals surface area contributed by atoms with E-state index in [-0.39, 0.29) is 25.5 Å². The van der Waals surface area contributed by atoms with Crippen molar-refractivity contribution in [2.45, 2.75) is 72.5 Å². The average molecular weight is 792 g/mol. The molecule has 0 saturated carbocycles. The first-order valence-electron chi connectivity index (χ1n) is 15.4. The van der Waals surface area contributed by atoms with Gasteiger partial charge in [-0.25, -0.2) is 0 Å². The van der Waals surface area contributed by atoms with Crippen LogP contribution in [0.1, 0.15) is 58.6 Å². The van der Waals surface area contributed by atoms with Gasteiger partial charge in [0.25, 0.3) is 0 Å². The third-order valence-corrected chi connectivity index (χ3v) is 11.3. The first-order chi connectivity index (χ1) is 20.6. The minimum Gasteiger partial charge on any atom is -0.305 e. The van der Waals surface area contributed by atoms with Gasteiger partial charge in [-0.1, -0.05) is 95.5 Å². The molecule has 0 aliphatic rings. The van der Waals surface area contributed by atoms with Crippen molar-refractivity contribution in [2.24, 2.45) is 0 Å². The molecule has 0 aliphatic carbocycles. The molecule has 3 aromatic heterocycles. The average Bonchev–Trinajstić information content (AvgIpc) is 3.37. The molecule has 1 radical (unpaired) electrons. The van der Waals surface area contributed by atoms with Crippen LogP contribution in [0.25, 0.3) is 42.7 Å². The molecule has 0 aliphatic heterocycles. The van der Waals surface area contributed by atoms with E-state index in [2.05, 4.69) is 99.8 Å². The summed E-state index contributed by atoms with van der Waals surface area (Å²) in [6, 6.07) is 31.5. The quantitative estimate of drug-likeness (QED) is 0.131. The van der Waals surface area contributed by atoms with Crippen LogP contribution in [0.15, 0.2) is 85.2 Å². The summed E-state index contributed by atoms with van der Waals surface area (Å²) in [6.07, 6.45) is 3.83. The van der Waals surface area contributed by atoms with Crippen LogP contribution in [-0.2, 0) is 25.5 Å². The number of rotatable bonds is 4. The number of thiophene rings is 1. The summed E-state index contributed by atoms with van der Waals surface area (Å²) in [7, 11) is -1.23. The van der Waals surface area contributed by atoms with Gasteiger partial charge in [0.1, 0.15) is 0 Å². The van der Waals surface area contributed by atoms with Crippen molar-refractivity contribution in [3.05, 3.63) is 114 Å². The molecule has 3 aromatic carbocycles. The number of aromatic nitrogens is 2. The van der Waals surface area contributed by atoms with Crippen molar-refractivity contribution in [1.82, 2.24) is 9.97 Å². The van der Waals surface area contributed by atoms with Crippen molar-refractivity contribution in [3.8, 4) is 22.5 Å². The van der Waals surface area contributed by atoms with Crippen LogP contribution in [0.5, 0.6) is 0 Å². The molecule has 0 saturated heterocycles. The predicted molar refractivity (Wildman–Crippen MR) is 190 cm³/mol. The summed E-state index contributed by atoms with van der Waals surface area (Å²) in [5.41, 5.74) is 7.84. The summed E-state index contributed by atoms with van der Waals surface area (Å²) >= 11 is 1.84. The number of fused-ring (bicyclic) bond motifs is 3. The zero-order chi connectivity index (χ0) is 31.9. The molecule has 0 bridgehead atoms. The summed E-state index contributed by atoms with van der Waals surface area (Å²) in [5.74, 6) is -0.649. The second-order valence-corrected chi connectivity index (χ2v) is 19.5. The molecule has 0 amide bonds. The number of benzene rings is 3. The summed E-state index contributed by atoms with van der Waals surface area (Å²) in [5, 5.41) is 3.96. The third-order valence-electron chi connectivity index (χ3n) is 7.87. The minimum atomic E-state index is -1.23. The number of pyridine rings is 2. The Balaban J connectivity index is 0.000000231. The first kappa shape index (κ1) is 32.4. The first-order valence-corrected chi connectivity index (χ1v) is 19.2. The number of nitrogens with zero attached hydrogens (tertiary/aromatic N) is 2. The molecular formula is C39H42IrN2SSi-2. The Hall–Kier alpha value is -2.95. The smallest absolute Gasteiger partial charge is 0.0795 e. The third kappa shape index (κ3) is 7.29. The van der Waals surface area contributed by atoms with E-state index >= 15 is 0 Å². The zero-order valence-corrected chi connectivity index (χ0v) is 31.4. The standard InChI is InChI=1S/C25H26NS.C14H16NSi.Ir/c1-15(2)17-12-13-26-22(14-17)20-9-7-8-18-19-10-11-21(25(4,5)6)16(3)23(19)27-24(18)20;1-16(2,3)13-9-10-14(15-11-13)12-7-5-4-6-8-12;/h7-8,10-15H,1-6H3;4-7,9-11H,1-3H3;/q2*-1;/i15D;;. The van der Waals surface area contributed by atoms with E-state index in [0.717, 1.165) is 28.1 Å². The van der Waals surface area contributed by atoms with Gasteiger partial charge in [-0.05, 0) is 62.1 Å². The fraction of sp³-hybridized carbons (Fsp3) is 0.282. The van der Waals surface area contributed by atoms with E-state index in [1.54, 1.807) is 0 Å². The van der Waals surface area contributed by atoms with Gasteiger partial charge in [-0.3, -0.25) is 0 Å². The molecule has 0 fully saturated rings. The van der Waals surface area contributed by atoms with Crippen molar-refractivity contribution >= 4 is 44.8 Å². The number of hydrogen-bond donors (Lipinski definition) is 0. The number of hydrogen-bond acceptors (Lipinski definition) is 3. The van der Waals surface area contributed by atoms with E-state index in [1.807, 2.05) is 80.0 Å². The van der Waals surface area contributed by atoms with Crippen molar-refractivity contribution in [1.29, 1.82) is 0 Å². The Morgan fingerprint density at radius 2 is 1.59 bits per heavy atom. The van der Waals surface area contributed by atoms with Crippen LogP contribution in [0, 0.1) is 19.1 Å². The van der Waals surface area contributed by atoms with Gasteiger partial charge in [-0.2, -0.15) is 11.3 Å². The van der Waals surface area contributed by atoms with E-state index in [0.29, 0.717) is 0 Å². The molecule has 0 atom stereocenters. The van der Waals surface area contributed by atoms with Gasteiger partial charge < -0.3 is 9.97 Å². The molecule has 44 heavy (non-hydrogen) atoms. The molecule has 0 N–H and O–H groups in total. The topological polar surface area (TPSA) is 25.8 Å². The molecule has 2 nitrogen and oxygen atoms in total. The zero-order valence-electron chi connectivity index (χ0n) is 28.2. The maximum atomic E-state index is 8.36. The Kier molecular flexibility index (Phi) is 10.0. The van der Waals surface area contributed by atoms with Gasteiger partial charge in [0.05, 0.1) is 8.07 Å². The summed E-state index contributed by atoms with van der Waals surface area (Å²) < 4.78 is 10.9. The Labute approximate surface area is 283 Å². The number of aryl methyl sites for hydroxylation is 1. The van der Waals surface area contributed by atoms with Crippen LogP contribution in [0.4, 0.5) is 0 Å². The predicted octanol–water partition coefficient (Wildman–Crippen LogP) is 10.7. The van der Waals surface area contributed by atoms with Crippen LogP contribution in [0.2, 0.25) is 19.6 Å². The second-order valence-electron chi connectivity index (χ2n) is 13.5. The maximum Gasteiger partial charge on any atom is 0.0795 e. The molecule has 229 valence electrons. The SMILES string of the molecule is C[Si](C)(C)c1ccc(-c2[c-]cccc2)nc1.[2H]C(C)(C)c1ccnc(-c2[c-]ccc3c2sc2c(C)c(C(C)(C)C)ccc23)c1.[Ir]. The van der Waals surface area contributed by atoms with Crippen molar-refractivity contribution in [3.63, 3.8) is 0 Å². The van der Waals surface area contributed by atoms with Gasteiger partial charge >= 0.3 is 0 Å². The summed E-state index contributed by atoms with van der Waals surface area (Å²) in [4.78, 5) is 9.13. The Morgan fingerprint density at radius 3 is 2.20 bits per heavy atom. The van der Waals surface area contributed by atoms with E-state index in [4.69, 9.17) is 1.37 Å². The van der Waals surface area contributed by atoms with E-state index < -0.39 is 14.0 Å². The maximum absolute atomic E-state index is 8.36.